The fourth-order valence-electron chi connectivity index (χ4n) is 2.93. The SMILES string of the molecule is CC(Oc1ccc2ccccc2c1)Oc1cccc2ccccc12. The zero-order chi connectivity index (χ0) is 16.4. The first-order valence-corrected chi connectivity index (χ1v) is 8.09. The molecule has 0 saturated carbocycles. The molecule has 0 aliphatic rings. The zero-order valence-corrected chi connectivity index (χ0v) is 13.5. The Labute approximate surface area is 141 Å². The van der Waals surface area contributed by atoms with Crippen LogP contribution in [0.2, 0.25) is 0 Å². The monoisotopic (exact) mass is 314 g/mol. The Morgan fingerprint density at radius 1 is 0.625 bits per heavy atom. The van der Waals surface area contributed by atoms with Crippen LogP contribution in [0, 0.1) is 0 Å². The lowest BCUT2D eigenvalue weighted by Crippen LogP contribution is -2.19. The third-order valence-electron chi connectivity index (χ3n) is 4.07. The smallest absolute Gasteiger partial charge is 0.238 e. The molecule has 4 aromatic carbocycles. The number of ether oxygens (including phenoxy) is 2. The quantitative estimate of drug-likeness (QED) is 0.443. The summed E-state index contributed by atoms with van der Waals surface area (Å²) in [5.74, 6) is 1.64. The van der Waals surface area contributed by atoms with E-state index in [4.69, 9.17) is 9.47 Å². The summed E-state index contributed by atoms with van der Waals surface area (Å²) in [6.07, 6.45) is -0.378. The van der Waals surface area contributed by atoms with Crippen LogP contribution >= 0.6 is 0 Å². The van der Waals surface area contributed by atoms with Crippen LogP contribution in [-0.4, -0.2) is 6.29 Å². The molecule has 0 radical (unpaired) electrons. The highest BCUT2D eigenvalue weighted by Crippen LogP contribution is 2.27. The minimum Gasteiger partial charge on any atom is -0.455 e. The second kappa shape index (κ2) is 6.25. The highest BCUT2D eigenvalue weighted by atomic mass is 16.7. The molecule has 2 heteroatoms. The van der Waals surface area contributed by atoms with Crippen LogP contribution in [0.15, 0.2) is 84.9 Å². The molecule has 1 unspecified atom stereocenters. The normalized spacial score (nSPS) is 12.2. The van der Waals surface area contributed by atoms with E-state index >= 15 is 0 Å². The van der Waals surface area contributed by atoms with Gasteiger partial charge in [-0.3, -0.25) is 0 Å². The summed E-state index contributed by atoms with van der Waals surface area (Å²) in [4.78, 5) is 0. The van der Waals surface area contributed by atoms with Gasteiger partial charge in [-0.05, 0) is 34.4 Å². The second-order valence-electron chi connectivity index (χ2n) is 5.79. The Morgan fingerprint density at radius 2 is 1.33 bits per heavy atom. The van der Waals surface area contributed by atoms with Gasteiger partial charge in [-0.2, -0.15) is 0 Å². The Morgan fingerprint density at radius 3 is 2.21 bits per heavy atom. The molecule has 4 rings (SSSR count). The number of hydrogen-bond donors (Lipinski definition) is 0. The number of hydrogen-bond acceptors (Lipinski definition) is 2. The van der Waals surface area contributed by atoms with E-state index < -0.39 is 0 Å². The van der Waals surface area contributed by atoms with Gasteiger partial charge in [0.25, 0.3) is 0 Å². The van der Waals surface area contributed by atoms with Crippen molar-refractivity contribution in [1.82, 2.24) is 0 Å². The van der Waals surface area contributed by atoms with Crippen LogP contribution in [0.25, 0.3) is 21.5 Å². The van der Waals surface area contributed by atoms with Crippen LogP contribution in [0.4, 0.5) is 0 Å². The van der Waals surface area contributed by atoms with E-state index in [9.17, 15) is 0 Å². The average molecular weight is 314 g/mol. The highest BCUT2D eigenvalue weighted by Gasteiger charge is 2.09. The zero-order valence-electron chi connectivity index (χ0n) is 13.5. The van der Waals surface area contributed by atoms with Gasteiger partial charge < -0.3 is 9.47 Å². The Bertz CT molecular complexity index is 986. The molecule has 0 heterocycles. The maximum atomic E-state index is 6.02. The fraction of sp³-hybridized carbons (Fsp3) is 0.0909. The van der Waals surface area contributed by atoms with E-state index in [1.807, 2.05) is 55.5 Å². The van der Waals surface area contributed by atoms with Crippen LogP contribution in [0.5, 0.6) is 11.5 Å². The molecule has 2 nitrogen and oxygen atoms in total. The van der Waals surface area contributed by atoms with E-state index in [1.54, 1.807) is 0 Å². The lowest BCUT2D eigenvalue weighted by molar-refractivity contribution is 0.0237. The standard InChI is InChI=1S/C22H18O2/c1-16(23-20-14-13-17-7-2-3-9-19(17)15-20)24-22-12-6-10-18-8-4-5-11-21(18)22/h2-16H,1H3. The molecule has 0 fully saturated rings. The van der Waals surface area contributed by atoms with Gasteiger partial charge in [0, 0.05) is 12.3 Å². The van der Waals surface area contributed by atoms with E-state index in [1.165, 1.54) is 5.39 Å². The van der Waals surface area contributed by atoms with Crippen LogP contribution in [-0.2, 0) is 0 Å². The summed E-state index contributed by atoms with van der Waals surface area (Å²) in [6, 6.07) is 28.6. The topological polar surface area (TPSA) is 18.5 Å². The summed E-state index contributed by atoms with van der Waals surface area (Å²) in [5, 5.41) is 4.61. The van der Waals surface area contributed by atoms with Crippen molar-refractivity contribution in [2.75, 3.05) is 0 Å². The molecule has 0 saturated heterocycles. The van der Waals surface area contributed by atoms with Gasteiger partial charge >= 0.3 is 0 Å². The van der Waals surface area contributed by atoms with Crippen LogP contribution < -0.4 is 9.47 Å². The number of fused-ring (bicyclic) bond motifs is 2. The molecular weight excluding hydrogens is 296 g/mol. The summed E-state index contributed by atoms with van der Waals surface area (Å²) in [7, 11) is 0. The van der Waals surface area contributed by atoms with E-state index in [2.05, 4.69) is 36.4 Å². The Kier molecular flexibility index (Phi) is 3.80. The lowest BCUT2D eigenvalue weighted by Gasteiger charge is -2.18. The average Bonchev–Trinajstić information content (AvgIpc) is 2.62. The number of benzene rings is 4. The van der Waals surface area contributed by atoms with Crippen molar-refractivity contribution in [3.8, 4) is 11.5 Å². The van der Waals surface area contributed by atoms with E-state index in [-0.39, 0.29) is 6.29 Å². The van der Waals surface area contributed by atoms with Crippen molar-refractivity contribution in [3.63, 3.8) is 0 Å². The maximum Gasteiger partial charge on any atom is 0.238 e. The molecule has 0 aromatic heterocycles. The molecule has 0 aliphatic heterocycles. The van der Waals surface area contributed by atoms with Gasteiger partial charge in [-0.1, -0.05) is 66.7 Å². The van der Waals surface area contributed by atoms with Crippen LogP contribution in [0.3, 0.4) is 0 Å². The molecule has 0 aliphatic carbocycles. The maximum absolute atomic E-state index is 6.02. The van der Waals surface area contributed by atoms with Gasteiger partial charge in [-0.15, -0.1) is 0 Å². The molecule has 0 N–H and O–H groups in total. The van der Waals surface area contributed by atoms with E-state index in [0.29, 0.717) is 0 Å². The second-order valence-corrected chi connectivity index (χ2v) is 5.79. The lowest BCUT2D eigenvalue weighted by atomic mass is 10.1. The Balaban J connectivity index is 1.56. The van der Waals surface area contributed by atoms with Gasteiger partial charge in [0.15, 0.2) is 0 Å². The molecule has 0 amide bonds. The van der Waals surface area contributed by atoms with Gasteiger partial charge in [0.2, 0.25) is 6.29 Å². The molecule has 24 heavy (non-hydrogen) atoms. The summed E-state index contributed by atoms with van der Waals surface area (Å²) < 4.78 is 12.0. The van der Waals surface area contributed by atoms with Crippen molar-refractivity contribution in [3.05, 3.63) is 84.9 Å². The van der Waals surface area contributed by atoms with Crippen molar-refractivity contribution in [2.24, 2.45) is 0 Å². The fourth-order valence-corrected chi connectivity index (χ4v) is 2.93. The van der Waals surface area contributed by atoms with Gasteiger partial charge in [-0.25, -0.2) is 0 Å². The molecular formula is C22H18O2. The third-order valence-corrected chi connectivity index (χ3v) is 4.07. The minimum atomic E-state index is -0.378. The Hall–Kier alpha value is -3.00. The minimum absolute atomic E-state index is 0.378. The first kappa shape index (κ1) is 14.6. The molecule has 118 valence electrons. The first-order valence-electron chi connectivity index (χ1n) is 8.09. The predicted molar refractivity (Wildman–Crippen MR) is 98.6 cm³/mol. The summed E-state index contributed by atoms with van der Waals surface area (Å²) in [6.45, 7) is 1.91. The molecule has 0 spiro atoms. The highest BCUT2D eigenvalue weighted by molar-refractivity contribution is 5.88. The third kappa shape index (κ3) is 2.91. The van der Waals surface area contributed by atoms with Gasteiger partial charge in [0.05, 0.1) is 0 Å². The largest absolute Gasteiger partial charge is 0.455 e. The van der Waals surface area contributed by atoms with Gasteiger partial charge in [0.1, 0.15) is 11.5 Å². The molecule has 0 bridgehead atoms. The predicted octanol–water partition coefficient (Wildman–Crippen LogP) is 5.80. The summed E-state index contributed by atoms with van der Waals surface area (Å²) >= 11 is 0. The first-order chi connectivity index (χ1) is 11.8. The van der Waals surface area contributed by atoms with E-state index in [0.717, 1.165) is 27.7 Å². The van der Waals surface area contributed by atoms with Crippen molar-refractivity contribution in [2.45, 2.75) is 13.2 Å². The summed E-state index contributed by atoms with van der Waals surface area (Å²) in [5.41, 5.74) is 0. The molecule has 1 atom stereocenters. The van der Waals surface area contributed by atoms with Crippen LogP contribution in [0.1, 0.15) is 6.92 Å². The number of rotatable bonds is 4. The van der Waals surface area contributed by atoms with Crippen molar-refractivity contribution < 1.29 is 9.47 Å². The van der Waals surface area contributed by atoms with Crippen molar-refractivity contribution >= 4 is 21.5 Å². The van der Waals surface area contributed by atoms with Crippen molar-refractivity contribution in [1.29, 1.82) is 0 Å². The molecule has 4 aromatic rings.